The molecule has 0 saturated heterocycles. The van der Waals surface area contributed by atoms with E-state index in [2.05, 4.69) is 5.32 Å². The molecule has 0 bridgehead atoms. The van der Waals surface area contributed by atoms with Gasteiger partial charge in [0.25, 0.3) is 0 Å². The van der Waals surface area contributed by atoms with Crippen LogP contribution in [-0.2, 0) is 6.54 Å². The van der Waals surface area contributed by atoms with E-state index in [0.29, 0.717) is 12.2 Å². The number of nitrogens with one attached hydrogen (secondary N) is 1. The topological polar surface area (TPSA) is 15.3 Å². The molecule has 0 spiro atoms. The Morgan fingerprint density at radius 1 is 1.11 bits per heavy atom. The third-order valence-electron chi connectivity index (χ3n) is 3.23. The van der Waals surface area contributed by atoms with Gasteiger partial charge in [-0.3, -0.25) is 0 Å². The van der Waals surface area contributed by atoms with E-state index in [4.69, 9.17) is 0 Å². The van der Waals surface area contributed by atoms with Crippen LogP contribution < -0.4 is 10.2 Å². The van der Waals surface area contributed by atoms with Crippen LogP contribution in [0.2, 0.25) is 0 Å². The molecule has 0 unspecified atom stereocenters. The van der Waals surface area contributed by atoms with Gasteiger partial charge >= 0.3 is 0 Å². The van der Waals surface area contributed by atoms with Crippen molar-refractivity contribution in [3.63, 3.8) is 0 Å². The first-order valence-corrected chi connectivity index (χ1v) is 6.36. The van der Waals surface area contributed by atoms with E-state index in [0.717, 1.165) is 16.8 Å². The lowest BCUT2D eigenvalue weighted by Crippen LogP contribution is -2.13. The maximum atomic E-state index is 14.2. The van der Waals surface area contributed by atoms with Crippen LogP contribution >= 0.6 is 0 Å². The second kappa shape index (κ2) is 5.85. The largest absolute Gasteiger partial charge is 0.342 e. The van der Waals surface area contributed by atoms with Crippen LogP contribution in [0.4, 0.5) is 15.8 Å². The average molecular weight is 258 g/mol. The normalized spacial score (nSPS) is 10.5. The lowest BCUT2D eigenvalue weighted by molar-refractivity contribution is 0.623. The summed E-state index contributed by atoms with van der Waals surface area (Å²) in [6.45, 7) is 2.70. The first-order chi connectivity index (χ1) is 9.13. The minimum atomic E-state index is -0.196. The summed E-state index contributed by atoms with van der Waals surface area (Å²) in [5.74, 6) is -0.196. The second-order valence-corrected chi connectivity index (χ2v) is 4.66. The van der Waals surface area contributed by atoms with E-state index in [1.54, 1.807) is 6.07 Å². The summed E-state index contributed by atoms with van der Waals surface area (Å²) in [6, 6.07) is 13.3. The summed E-state index contributed by atoms with van der Waals surface area (Å²) in [4.78, 5) is 1.88. The van der Waals surface area contributed by atoms with E-state index in [1.807, 2.05) is 62.3 Å². The third-order valence-corrected chi connectivity index (χ3v) is 3.23. The predicted octanol–water partition coefficient (Wildman–Crippen LogP) is 3.62. The Balaban J connectivity index is 2.34. The number of halogens is 1. The Bertz CT molecular complexity index is 566. The molecule has 0 radical (unpaired) electrons. The highest BCUT2D eigenvalue weighted by Gasteiger charge is 2.11. The van der Waals surface area contributed by atoms with Crippen molar-refractivity contribution >= 4 is 11.4 Å². The minimum absolute atomic E-state index is 0.196. The van der Waals surface area contributed by atoms with Gasteiger partial charge in [-0.1, -0.05) is 24.3 Å². The lowest BCUT2D eigenvalue weighted by atomic mass is 10.1. The fourth-order valence-electron chi connectivity index (χ4n) is 2.21. The zero-order chi connectivity index (χ0) is 13.8. The second-order valence-electron chi connectivity index (χ2n) is 4.66. The first-order valence-electron chi connectivity index (χ1n) is 6.36. The summed E-state index contributed by atoms with van der Waals surface area (Å²) in [5, 5.41) is 3.02. The Morgan fingerprint density at radius 3 is 2.47 bits per heavy atom. The molecule has 2 nitrogen and oxygen atoms in total. The van der Waals surface area contributed by atoms with Crippen molar-refractivity contribution in [2.45, 2.75) is 13.5 Å². The van der Waals surface area contributed by atoms with E-state index < -0.39 is 0 Å². The van der Waals surface area contributed by atoms with Crippen LogP contribution in [0.1, 0.15) is 11.1 Å². The van der Waals surface area contributed by atoms with Crippen molar-refractivity contribution < 1.29 is 4.39 Å². The van der Waals surface area contributed by atoms with Crippen molar-refractivity contribution in [2.24, 2.45) is 0 Å². The smallest absolute Gasteiger partial charge is 0.147 e. The predicted molar refractivity (Wildman–Crippen MR) is 78.4 cm³/mol. The number of hydrogen-bond donors (Lipinski definition) is 1. The van der Waals surface area contributed by atoms with Gasteiger partial charge in [-0.2, -0.15) is 0 Å². The third kappa shape index (κ3) is 2.93. The molecule has 0 aliphatic carbocycles. The summed E-state index contributed by atoms with van der Waals surface area (Å²) in [6.07, 6.45) is 0. The molecule has 2 aromatic carbocycles. The van der Waals surface area contributed by atoms with Gasteiger partial charge in [-0.25, -0.2) is 4.39 Å². The average Bonchev–Trinajstić information content (AvgIpc) is 2.39. The van der Waals surface area contributed by atoms with Crippen LogP contribution in [0.5, 0.6) is 0 Å². The highest BCUT2D eigenvalue weighted by atomic mass is 19.1. The van der Waals surface area contributed by atoms with Crippen LogP contribution in [-0.4, -0.2) is 14.1 Å². The Morgan fingerprint density at radius 2 is 1.84 bits per heavy atom. The minimum Gasteiger partial charge on any atom is -0.342 e. The first kappa shape index (κ1) is 13.6. The van der Waals surface area contributed by atoms with Crippen LogP contribution in [0, 0.1) is 12.7 Å². The quantitative estimate of drug-likeness (QED) is 0.901. The van der Waals surface area contributed by atoms with Crippen molar-refractivity contribution in [3.8, 4) is 0 Å². The van der Waals surface area contributed by atoms with Crippen molar-refractivity contribution in [1.29, 1.82) is 0 Å². The summed E-state index contributed by atoms with van der Waals surface area (Å²) >= 11 is 0. The van der Waals surface area contributed by atoms with Crippen LogP contribution in [0.15, 0.2) is 42.5 Å². The van der Waals surface area contributed by atoms with Gasteiger partial charge < -0.3 is 10.2 Å². The van der Waals surface area contributed by atoms with Crippen molar-refractivity contribution in [3.05, 3.63) is 59.4 Å². The summed E-state index contributed by atoms with van der Waals surface area (Å²) < 4.78 is 14.2. The molecule has 0 atom stereocenters. The van der Waals surface area contributed by atoms with Gasteiger partial charge in [0.2, 0.25) is 0 Å². The van der Waals surface area contributed by atoms with Crippen LogP contribution in [0.25, 0.3) is 0 Å². The number of aryl methyl sites for hydroxylation is 1. The molecule has 0 heterocycles. The Labute approximate surface area is 113 Å². The fourth-order valence-corrected chi connectivity index (χ4v) is 2.21. The molecule has 3 heteroatoms. The van der Waals surface area contributed by atoms with Gasteiger partial charge in [0.05, 0.1) is 5.69 Å². The molecule has 2 aromatic rings. The van der Waals surface area contributed by atoms with Gasteiger partial charge in [0.15, 0.2) is 0 Å². The SMILES string of the molecule is CNCc1ccc(N(C)c2ccccc2C)c(F)c1. The fraction of sp³-hybridized carbons (Fsp3) is 0.250. The Kier molecular flexibility index (Phi) is 4.17. The number of rotatable bonds is 4. The highest BCUT2D eigenvalue weighted by molar-refractivity contribution is 5.66. The number of anilines is 2. The molecule has 0 aromatic heterocycles. The molecule has 0 amide bonds. The van der Waals surface area contributed by atoms with Crippen molar-refractivity contribution in [1.82, 2.24) is 5.32 Å². The van der Waals surface area contributed by atoms with E-state index in [1.165, 1.54) is 0 Å². The maximum Gasteiger partial charge on any atom is 0.147 e. The molecule has 100 valence electrons. The van der Waals surface area contributed by atoms with Gasteiger partial charge in [0.1, 0.15) is 5.82 Å². The van der Waals surface area contributed by atoms with Gasteiger partial charge in [-0.15, -0.1) is 0 Å². The number of para-hydroxylation sites is 1. The monoisotopic (exact) mass is 258 g/mol. The van der Waals surface area contributed by atoms with Gasteiger partial charge in [0, 0.05) is 19.3 Å². The number of hydrogen-bond acceptors (Lipinski definition) is 2. The molecule has 0 fully saturated rings. The number of nitrogens with zero attached hydrogens (tertiary/aromatic N) is 1. The Hall–Kier alpha value is -1.87. The molecule has 0 aliphatic rings. The molecule has 2 rings (SSSR count). The molecular formula is C16H19FN2. The molecule has 0 aliphatic heterocycles. The van der Waals surface area contributed by atoms with E-state index in [-0.39, 0.29) is 5.82 Å². The van der Waals surface area contributed by atoms with Crippen molar-refractivity contribution in [2.75, 3.05) is 19.0 Å². The van der Waals surface area contributed by atoms with E-state index >= 15 is 0 Å². The van der Waals surface area contributed by atoms with Crippen LogP contribution in [0.3, 0.4) is 0 Å². The number of benzene rings is 2. The summed E-state index contributed by atoms with van der Waals surface area (Å²) in [7, 11) is 3.74. The molecular weight excluding hydrogens is 239 g/mol. The highest BCUT2D eigenvalue weighted by Crippen LogP contribution is 2.29. The van der Waals surface area contributed by atoms with E-state index in [9.17, 15) is 4.39 Å². The van der Waals surface area contributed by atoms with Gasteiger partial charge in [-0.05, 0) is 43.3 Å². The zero-order valence-electron chi connectivity index (χ0n) is 11.6. The zero-order valence-corrected chi connectivity index (χ0v) is 11.6. The standard InChI is InChI=1S/C16H19FN2/c1-12-6-4-5-7-15(12)19(3)16-9-8-13(11-18-2)10-14(16)17/h4-10,18H,11H2,1-3H3. The summed E-state index contributed by atoms with van der Waals surface area (Å²) in [5.41, 5.74) is 3.68. The molecule has 0 saturated carbocycles. The lowest BCUT2D eigenvalue weighted by Gasteiger charge is -2.22. The molecule has 1 N–H and O–H groups in total. The maximum absolute atomic E-state index is 14.2. The molecule has 19 heavy (non-hydrogen) atoms.